The molecular formula is C14H11ClN4. The Morgan fingerprint density at radius 2 is 1.84 bits per heavy atom. The highest BCUT2D eigenvalue weighted by molar-refractivity contribution is 6.30. The Kier molecular flexibility index (Phi) is 2.93. The van der Waals surface area contributed by atoms with Gasteiger partial charge in [-0.3, -0.25) is 10.1 Å². The topological polar surface area (TPSA) is 67.6 Å². The van der Waals surface area contributed by atoms with Crippen LogP contribution >= 0.6 is 11.6 Å². The Morgan fingerprint density at radius 3 is 2.53 bits per heavy atom. The third kappa shape index (κ3) is 2.18. The summed E-state index contributed by atoms with van der Waals surface area (Å²) in [5.41, 5.74) is 9.57. The summed E-state index contributed by atoms with van der Waals surface area (Å²) in [6.45, 7) is 0. The monoisotopic (exact) mass is 270 g/mol. The van der Waals surface area contributed by atoms with Crippen molar-refractivity contribution < 1.29 is 0 Å². The normalized spacial score (nSPS) is 10.6. The third-order valence-electron chi connectivity index (χ3n) is 2.88. The first kappa shape index (κ1) is 11.7. The predicted octanol–water partition coefficient (Wildman–Crippen LogP) is 3.37. The Bertz CT molecular complexity index is 689. The molecule has 3 rings (SSSR count). The minimum absolute atomic E-state index is 0.456. The third-order valence-corrected chi connectivity index (χ3v) is 3.13. The quantitative estimate of drug-likeness (QED) is 0.750. The van der Waals surface area contributed by atoms with Gasteiger partial charge >= 0.3 is 0 Å². The molecule has 0 bridgehead atoms. The highest BCUT2D eigenvalue weighted by atomic mass is 35.5. The molecular weight excluding hydrogens is 260 g/mol. The van der Waals surface area contributed by atoms with Crippen molar-refractivity contribution in [3.8, 4) is 22.4 Å². The van der Waals surface area contributed by atoms with Crippen LogP contribution in [0.2, 0.25) is 5.02 Å². The number of aromatic nitrogens is 3. The van der Waals surface area contributed by atoms with Crippen LogP contribution in [0.25, 0.3) is 22.4 Å². The van der Waals surface area contributed by atoms with E-state index in [1.165, 1.54) is 0 Å². The van der Waals surface area contributed by atoms with E-state index < -0.39 is 0 Å². The summed E-state index contributed by atoms with van der Waals surface area (Å²) in [6.07, 6.45) is 3.49. The van der Waals surface area contributed by atoms with Crippen molar-refractivity contribution >= 4 is 17.4 Å². The number of rotatable bonds is 2. The number of hydrogen-bond donors (Lipinski definition) is 2. The fourth-order valence-corrected chi connectivity index (χ4v) is 2.11. The molecule has 0 saturated carbocycles. The maximum Gasteiger partial charge on any atom is 0.153 e. The molecule has 2 aromatic heterocycles. The molecule has 2 heterocycles. The Hall–Kier alpha value is -2.33. The van der Waals surface area contributed by atoms with Crippen LogP contribution < -0.4 is 5.73 Å². The molecule has 1 aromatic carbocycles. The lowest BCUT2D eigenvalue weighted by atomic mass is 10.0. The number of benzene rings is 1. The maximum atomic E-state index is 5.94. The molecule has 0 saturated heterocycles. The minimum atomic E-state index is 0.456. The molecule has 0 aliphatic carbocycles. The lowest BCUT2D eigenvalue weighted by Gasteiger charge is -2.04. The zero-order valence-corrected chi connectivity index (χ0v) is 10.7. The number of nitrogen functional groups attached to an aromatic ring is 1. The van der Waals surface area contributed by atoms with Crippen molar-refractivity contribution in [3.05, 3.63) is 53.8 Å². The molecule has 94 valence electrons. The van der Waals surface area contributed by atoms with Crippen LogP contribution in [-0.2, 0) is 0 Å². The van der Waals surface area contributed by atoms with E-state index in [-0.39, 0.29) is 0 Å². The van der Waals surface area contributed by atoms with E-state index in [1.54, 1.807) is 12.4 Å². The van der Waals surface area contributed by atoms with E-state index in [0.717, 1.165) is 22.4 Å². The first-order valence-corrected chi connectivity index (χ1v) is 6.13. The summed E-state index contributed by atoms with van der Waals surface area (Å²) in [4.78, 5) is 4.11. The van der Waals surface area contributed by atoms with Crippen molar-refractivity contribution in [1.82, 2.24) is 15.2 Å². The molecule has 3 N–H and O–H groups in total. The van der Waals surface area contributed by atoms with Gasteiger partial charge in [-0.2, -0.15) is 5.10 Å². The number of nitrogens with one attached hydrogen (secondary N) is 1. The van der Waals surface area contributed by atoms with Gasteiger partial charge in [0, 0.05) is 28.5 Å². The maximum absolute atomic E-state index is 5.94. The van der Waals surface area contributed by atoms with Crippen LogP contribution in [0.5, 0.6) is 0 Å². The zero-order valence-electron chi connectivity index (χ0n) is 9.97. The number of pyridine rings is 1. The largest absolute Gasteiger partial charge is 0.382 e. The predicted molar refractivity (Wildman–Crippen MR) is 76.7 cm³/mol. The standard InChI is InChI=1S/C14H11ClN4/c15-11-5-3-9(4-6-11)13-12(14(16)19-18-13)10-2-1-7-17-8-10/h1-8H,(H3,16,18,19). The van der Waals surface area contributed by atoms with Crippen LogP contribution in [0, 0.1) is 0 Å². The molecule has 0 atom stereocenters. The summed E-state index contributed by atoms with van der Waals surface area (Å²) < 4.78 is 0. The van der Waals surface area contributed by atoms with Crippen molar-refractivity contribution in [1.29, 1.82) is 0 Å². The van der Waals surface area contributed by atoms with Crippen LogP contribution in [0.3, 0.4) is 0 Å². The first-order chi connectivity index (χ1) is 9.25. The fourth-order valence-electron chi connectivity index (χ4n) is 1.98. The number of hydrogen-bond acceptors (Lipinski definition) is 3. The second kappa shape index (κ2) is 4.74. The van der Waals surface area contributed by atoms with Crippen molar-refractivity contribution in [2.24, 2.45) is 0 Å². The van der Waals surface area contributed by atoms with Crippen LogP contribution in [0.15, 0.2) is 48.8 Å². The van der Waals surface area contributed by atoms with Gasteiger partial charge in [0.1, 0.15) is 0 Å². The molecule has 0 fully saturated rings. The lowest BCUT2D eigenvalue weighted by molar-refractivity contribution is 1.10. The molecule has 0 radical (unpaired) electrons. The zero-order chi connectivity index (χ0) is 13.2. The van der Waals surface area contributed by atoms with Gasteiger partial charge in [0.05, 0.1) is 11.3 Å². The van der Waals surface area contributed by atoms with Crippen LogP contribution in [0.4, 0.5) is 5.82 Å². The van der Waals surface area contributed by atoms with E-state index in [9.17, 15) is 0 Å². The first-order valence-electron chi connectivity index (χ1n) is 5.76. The molecule has 0 amide bonds. The second-order valence-electron chi connectivity index (χ2n) is 4.11. The number of H-pyrrole nitrogens is 1. The van der Waals surface area contributed by atoms with Gasteiger partial charge in [-0.15, -0.1) is 0 Å². The smallest absolute Gasteiger partial charge is 0.153 e. The van der Waals surface area contributed by atoms with Crippen LogP contribution in [0.1, 0.15) is 0 Å². The summed E-state index contributed by atoms with van der Waals surface area (Å²) in [7, 11) is 0. The molecule has 5 heteroatoms. The number of aromatic amines is 1. The van der Waals surface area contributed by atoms with E-state index in [4.69, 9.17) is 17.3 Å². The fraction of sp³-hybridized carbons (Fsp3) is 0. The molecule has 4 nitrogen and oxygen atoms in total. The van der Waals surface area contributed by atoms with Gasteiger partial charge in [0.2, 0.25) is 0 Å². The second-order valence-corrected chi connectivity index (χ2v) is 4.54. The van der Waals surface area contributed by atoms with Gasteiger partial charge in [-0.05, 0) is 18.2 Å². The van der Waals surface area contributed by atoms with Gasteiger partial charge in [-0.1, -0.05) is 29.8 Å². The summed E-state index contributed by atoms with van der Waals surface area (Å²) in [6, 6.07) is 11.3. The van der Waals surface area contributed by atoms with Crippen molar-refractivity contribution in [3.63, 3.8) is 0 Å². The number of anilines is 1. The van der Waals surface area contributed by atoms with Gasteiger partial charge in [-0.25, -0.2) is 0 Å². The average Bonchev–Trinajstić information content (AvgIpc) is 2.82. The van der Waals surface area contributed by atoms with E-state index >= 15 is 0 Å². The summed E-state index contributed by atoms with van der Waals surface area (Å²) in [5, 5.41) is 7.74. The van der Waals surface area contributed by atoms with Gasteiger partial charge < -0.3 is 5.73 Å². The molecule has 0 aliphatic heterocycles. The van der Waals surface area contributed by atoms with Crippen molar-refractivity contribution in [2.45, 2.75) is 0 Å². The van der Waals surface area contributed by atoms with E-state index in [1.807, 2.05) is 36.4 Å². The Labute approximate surface area is 115 Å². The Balaban J connectivity index is 2.16. The molecule has 0 spiro atoms. The number of nitrogens with two attached hydrogens (primary N) is 1. The van der Waals surface area contributed by atoms with E-state index in [2.05, 4.69) is 15.2 Å². The summed E-state index contributed by atoms with van der Waals surface area (Å²) in [5.74, 6) is 0.456. The average molecular weight is 271 g/mol. The SMILES string of the molecule is Nc1n[nH]c(-c2ccc(Cl)cc2)c1-c1cccnc1. The van der Waals surface area contributed by atoms with Gasteiger partial charge in [0.15, 0.2) is 5.82 Å². The minimum Gasteiger partial charge on any atom is -0.382 e. The lowest BCUT2D eigenvalue weighted by Crippen LogP contribution is -1.89. The molecule has 3 aromatic rings. The molecule has 0 unspecified atom stereocenters. The highest BCUT2D eigenvalue weighted by Crippen LogP contribution is 2.34. The molecule has 0 aliphatic rings. The number of halogens is 1. The van der Waals surface area contributed by atoms with Crippen molar-refractivity contribution in [2.75, 3.05) is 5.73 Å². The summed E-state index contributed by atoms with van der Waals surface area (Å²) >= 11 is 5.90. The van der Waals surface area contributed by atoms with E-state index in [0.29, 0.717) is 10.8 Å². The van der Waals surface area contributed by atoms with Crippen LogP contribution in [-0.4, -0.2) is 15.2 Å². The highest BCUT2D eigenvalue weighted by Gasteiger charge is 2.14. The number of nitrogens with zero attached hydrogens (tertiary/aromatic N) is 2. The Morgan fingerprint density at radius 1 is 1.05 bits per heavy atom. The van der Waals surface area contributed by atoms with Gasteiger partial charge in [0.25, 0.3) is 0 Å². The molecule has 19 heavy (non-hydrogen) atoms.